The molecule has 0 aromatic carbocycles. The summed E-state index contributed by atoms with van der Waals surface area (Å²) in [6.07, 6.45) is 1.70. The maximum absolute atomic E-state index is 12.1. The van der Waals surface area contributed by atoms with E-state index in [1.807, 2.05) is 0 Å². The zero-order valence-corrected chi connectivity index (χ0v) is 10.8. The Kier molecular flexibility index (Phi) is 2.73. The van der Waals surface area contributed by atoms with Crippen molar-refractivity contribution in [3.05, 3.63) is 23.4 Å². The highest BCUT2D eigenvalue weighted by molar-refractivity contribution is 6.02. The third-order valence-electron chi connectivity index (χ3n) is 4.20. The van der Waals surface area contributed by atoms with Gasteiger partial charge in [-0.2, -0.15) is 5.26 Å². The predicted molar refractivity (Wildman–Crippen MR) is 66.7 cm³/mol. The van der Waals surface area contributed by atoms with Crippen molar-refractivity contribution in [1.29, 1.82) is 5.26 Å². The third kappa shape index (κ3) is 1.64. The first kappa shape index (κ1) is 13.2. The molecule has 21 heavy (non-hydrogen) atoms. The highest BCUT2D eigenvalue weighted by Gasteiger charge is 2.64. The van der Waals surface area contributed by atoms with Crippen LogP contribution in [-0.2, 0) is 9.59 Å². The molecule has 2 N–H and O–H groups in total. The summed E-state index contributed by atoms with van der Waals surface area (Å²) in [5, 5.41) is 27.0. The van der Waals surface area contributed by atoms with Crippen LogP contribution in [0.25, 0.3) is 0 Å². The Labute approximate surface area is 119 Å². The zero-order chi connectivity index (χ0) is 15.3. The van der Waals surface area contributed by atoms with Gasteiger partial charge in [-0.1, -0.05) is 0 Å². The van der Waals surface area contributed by atoms with E-state index in [1.165, 1.54) is 11.0 Å². The van der Waals surface area contributed by atoms with Crippen LogP contribution in [0.4, 0.5) is 4.79 Å². The van der Waals surface area contributed by atoms with Gasteiger partial charge in [0.1, 0.15) is 11.7 Å². The first-order valence-electron chi connectivity index (χ1n) is 6.32. The molecule has 0 aromatic heterocycles. The smallest absolute Gasteiger partial charge is 0.408 e. The van der Waals surface area contributed by atoms with E-state index in [1.54, 1.807) is 6.07 Å². The summed E-state index contributed by atoms with van der Waals surface area (Å²) in [4.78, 5) is 37.0. The summed E-state index contributed by atoms with van der Waals surface area (Å²) in [5.41, 5.74) is 0.237. The lowest BCUT2D eigenvalue weighted by Gasteiger charge is -2.49. The lowest BCUT2D eigenvalue weighted by molar-refractivity contribution is -0.156. The van der Waals surface area contributed by atoms with Gasteiger partial charge in [-0.15, -0.1) is 0 Å². The van der Waals surface area contributed by atoms with Crippen molar-refractivity contribution < 1.29 is 24.6 Å². The first-order chi connectivity index (χ1) is 9.97. The van der Waals surface area contributed by atoms with Gasteiger partial charge in [0.05, 0.1) is 12.1 Å². The van der Waals surface area contributed by atoms with E-state index in [4.69, 9.17) is 10.4 Å². The van der Waals surface area contributed by atoms with Crippen molar-refractivity contribution in [2.24, 2.45) is 5.92 Å². The maximum atomic E-state index is 12.1. The molecule has 0 bridgehead atoms. The summed E-state index contributed by atoms with van der Waals surface area (Å²) < 4.78 is 0. The molecule has 2 amide bonds. The van der Waals surface area contributed by atoms with Crippen LogP contribution in [0, 0.1) is 17.2 Å². The van der Waals surface area contributed by atoms with E-state index >= 15 is 0 Å². The molecule has 3 heterocycles. The second-order valence-electron chi connectivity index (χ2n) is 5.18. The van der Waals surface area contributed by atoms with Gasteiger partial charge in [0, 0.05) is 18.5 Å². The number of nitrogens with zero attached hydrogens (tertiary/aromatic N) is 3. The topological polar surface area (TPSA) is 122 Å². The van der Waals surface area contributed by atoms with Crippen molar-refractivity contribution in [1.82, 2.24) is 9.80 Å². The Morgan fingerprint density at radius 2 is 2.10 bits per heavy atom. The molecule has 2 fully saturated rings. The van der Waals surface area contributed by atoms with Crippen LogP contribution in [0.2, 0.25) is 0 Å². The minimum Gasteiger partial charge on any atom is -0.477 e. The molecule has 3 aliphatic rings. The number of allylic oxidation sites excluding steroid dienone is 3. The van der Waals surface area contributed by atoms with Gasteiger partial charge in [-0.25, -0.2) is 9.59 Å². The van der Waals surface area contributed by atoms with Gasteiger partial charge in [0.15, 0.2) is 0 Å². The fourth-order valence-corrected chi connectivity index (χ4v) is 3.46. The zero-order valence-electron chi connectivity index (χ0n) is 10.8. The van der Waals surface area contributed by atoms with Crippen molar-refractivity contribution in [3.63, 3.8) is 0 Å². The van der Waals surface area contributed by atoms with Gasteiger partial charge in [0.25, 0.3) is 5.91 Å². The Morgan fingerprint density at radius 1 is 1.38 bits per heavy atom. The second-order valence-corrected chi connectivity index (χ2v) is 5.18. The summed E-state index contributed by atoms with van der Waals surface area (Å²) in [6, 6.07) is 0.606. The van der Waals surface area contributed by atoms with Crippen LogP contribution in [0.3, 0.4) is 0 Å². The Morgan fingerprint density at radius 3 is 2.67 bits per heavy atom. The van der Waals surface area contributed by atoms with E-state index in [0.29, 0.717) is 12.0 Å². The number of amides is 2. The van der Waals surface area contributed by atoms with Gasteiger partial charge in [-0.3, -0.25) is 14.6 Å². The quantitative estimate of drug-likeness (QED) is 0.545. The van der Waals surface area contributed by atoms with Crippen molar-refractivity contribution in [2.75, 3.05) is 6.54 Å². The monoisotopic (exact) mass is 289 g/mol. The molecule has 8 heteroatoms. The van der Waals surface area contributed by atoms with Crippen LogP contribution in [-0.4, -0.2) is 56.6 Å². The second kappa shape index (κ2) is 4.34. The molecule has 108 valence electrons. The molecular weight excluding hydrogens is 278 g/mol. The van der Waals surface area contributed by atoms with Gasteiger partial charge in [0.2, 0.25) is 0 Å². The van der Waals surface area contributed by atoms with Gasteiger partial charge in [-0.05, 0) is 18.1 Å². The number of carbonyl (C=O) groups excluding carboxylic acids is 1. The molecule has 3 rings (SSSR count). The summed E-state index contributed by atoms with van der Waals surface area (Å²) in [5.74, 6) is -1.89. The number of hydrogen-bond acceptors (Lipinski definition) is 4. The van der Waals surface area contributed by atoms with E-state index in [9.17, 15) is 19.5 Å². The molecule has 0 saturated carbocycles. The van der Waals surface area contributed by atoms with Crippen LogP contribution in [0.15, 0.2) is 23.4 Å². The van der Waals surface area contributed by atoms with E-state index in [0.717, 1.165) is 11.0 Å². The Hall–Kier alpha value is -2.82. The average molecular weight is 289 g/mol. The van der Waals surface area contributed by atoms with E-state index in [-0.39, 0.29) is 18.2 Å². The fraction of sp³-hybridized carbons (Fsp3) is 0.385. The SMILES string of the molecule is N#C/C=C\C1=C(C(=O)O)N2C(=O)[C@@H]3[C@H]2[C@H](C1)CN3C(=O)O. The fourth-order valence-electron chi connectivity index (χ4n) is 3.46. The van der Waals surface area contributed by atoms with Gasteiger partial charge >= 0.3 is 12.1 Å². The minimum atomic E-state index is -1.24. The van der Waals surface area contributed by atoms with Crippen molar-refractivity contribution >= 4 is 18.0 Å². The standard InChI is InChI=1S/C13H11N3O5/c14-3-1-2-6-4-7-5-15(13(20)21)10-8(7)16(11(10)17)9(6)12(18)19/h1-2,7-8,10H,4-5H2,(H,18,19)(H,20,21)/b2-1-/t7-,8-,10+/m1/s1. The molecule has 0 radical (unpaired) electrons. The lowest BCUT2D eigenvalue weighted by Crippen LogP contribution is -2.69. The predicted octanol–water partition coefficient (Wildman–Crippen LogP) is -0.00222. The number of carboxylic acid groups (broad SMARTS) is 2. The first-order valence-corrected chi connectivity index (χ1v) is 6.32. The molecule has 0 aromatic rings. The van der Waals surface area contributed by atoms with Crippen LogP contribution in [0.5, 0.6) is 0 Å². The lowest BCUT2D eigenvalue weighted by atomic mass is 9.79. The van der Waals surface area contributed by atoms with Crippen molar-refractivity contribution in [3.8, 4) is 6.07 Å². The number of likely N-dealkylation sites (tertiary alicyclic amines) is 1. The summed E-state index contributed by atoms with van der Waals surface area (Å²) in [7, 11) is 0. The summed E-state index contributed by atoms with van der Waals surface area (Å²) in [6.45, 7) is 0.198. The van der Waals surface area contributed by atoms with Crippen LogP contribution in [0.1, 0.15) is 6.42 Å². The number of carboxylic acids is 1. The third-order valence-corrected chi connectivity index (χ3v) is 4.20. The summed E-state index contributed by atoms with van der Waals surface area (Å²) >= 11 is 0. The number of carbonyl (C=O) groups is 3. The molecule has 3 aliphatic heterocycles. The van der Waals surface area contributed by atoms with Crippen LogP contribution < -0.4 is 0 Å². The number of nitriles is 1. The van der Waals surface area contributed by atoms with Gasteiger partial charge < -0.3 is 10.2 Å². The Bertz CT molecular complexity index is 659. The molecule has 3 atom stereocenters. The number of β-lactam (4-membered cyclic amide) rings is 1. The molecule has 0 spiro atoms. The largest absolute Gasteiger partial charge is 0.477 e. The highest BCUT2D eigenvalue weighted by Crippen LogP contribution is 2.47. The average Bonchev–Trinajstić information content (AvgIpc) is 2.79. The van der Waals surface area contributed by atoms with Crippen molar-refractivity contribution in [2.45, 2.75) is 18.5 Å². The molecular formula is C13H11N3O5. The number of aliphatic carboxylic acids is 1. The maximum Gasteiger partial charge on any atom is 0.408 e. The normalized spacial score (nSPS) is 30.2. The molecule has 8 nitrogen and oxygen atoms in total. The molecule has 0 aliphatic carbocycles. The number of hydrogen-bond donors (Lipinski definition) is 2. The minimum absolute atomic E-state index is 0.134. The number of rotatable bonds is 2. The van der Waals surface area contributed by atoms with E-state index in [2.05, 4.69) is 0 Å². The van der Waals surface area contributed by atoms with E-state index < -0.39 is 30.1 Å². The Balaban J connectivity index is 2.03. The highest BCUT2D eigenvalue weighted by atomic mass is 16.4. The molecule has 2 saturated heterocycles. The molecule has 0 unspecified atom stereocenters. The van der Waals surface area contributed by atoms with Crippen LogP contribution >= 0.6 is 0 Å².